The van der Waals surface area contributed by atoms with Crippen LogP contribution in [-0.4, -0.2) is 36.6 Å². The molecule has 4 aliphatic rings. The van der Waals surface area contributed by atoms with E-state index in [0.717, 1.165) is 49.0 Å². The van der Waals surface area contributed by atoms with Gasteiger partial charge in [-0.3, -0.25) is 9.69 Å². The van der Waals surface area contributed by atoms with Crippen molar-refractivity contribution in [1.29, 1.82) is 5.26 Å². The van der Waals surface area contributed by atoms with Crippen LogP contribution < -0.4 is 5.73 Å². The van der Waals surface area contributed by atoms with Crippen LogP contribution in [-0.2, 0) is 26.2 Å². The number of fused-ring (bicyclic) bond motifs is 3. The second kappa shape index (κ2) is 7.35. The molecule has 1 saturated carbocycles. The van der Waals surface area contributed by atoms with Crippen LogP contribution in [0, 0.1) is 28.6 Å². The van der Waals surface area contributed by atoms with Gasteiger partial charge in [-0.2, -0.15) is 5.26 Å². The van der Waals surface area contributed by atoms with Crippen molar-refractivity contribution in [3.63, 3.8) is 0 Å². The van der Waals surface area contributed by atoms with Crippen molar-refractivity contribution in [1.82, 2.24) is 4.90 Å². The zero-order valence-electron chi connectivity index (χ0n) is 18.9. The van der Waals surface area contributed by atoms with Crippen molar-refractivity contribution in [3.05, 3.63) is 46.8 Å². The molecule has 168 valence electrons. The molecule has 1 saturated heterocycles. The second-order valence-electron chi connectivity index (χ2n) is 9.91. The Hall–Kier alpha value is -2.85. The first-order chi connectivity index (χ1) is 15.3. The number of nitrogens with zero attached hydrogens (tertiary/aromatic N) is 3. The number of benzene rings is 1. The summed E-state index contributed by atoms with van der Waals surface area (Å²) in [6.45, 7) is 5.05. The van der Waals surface area contributed by atoms with Crippen LogP contribution in [0.25, 0.3) is 0 Å². The molecule has 2 fully saturated rings. The van der Waals surface area contributed by atoms with Crippen LogP contribution >= 0.6 is 0 Å². The predicted molar refractivity (Wildman–Crippen MR) is 119 cm³/mol. The number of nitrogens with two attached hydrogens (primary N) is 1. The predicted octanol–water partition coefficient (Wildman–Crippen LogP) is 3.19. The normalized spacial score (nSPS) is 37.1. The number of hydrogen-bond acceptors (Lipinski definition) is 6. The smallest absolute Gasteiger partial charge is 0.266 e. The van der Waals surface area contributed by atoms with Gasteiger partial charge < -0.3 is 15.2 Å². The summed E-state index contributed by atoms with van der Waals surface area (Å²) in [5.74, 6) is 1.35. The van der Waals surface area contributed by atoms with Crippen LogP contribution in [0.4, 0.5) is 0 Å². The summed E-state index contributed by atoms with van der Waals surface area (Å²) in [6, 6.07) is 7.89. The van der Waals surface area contributed by atoms with Gasteiger partial charge in [-0.15, -0.1) is 0 Å². The standard InChI is InChI=1S/C25H30N4O3/c1-15-10-24(11-16(2)21(15)31-3)12-18-7-6-17(13-26)9-20(18)25(24)22(30)29(23(27)28-25)14-19-5-4-8-32-19/h6-7,9,14-16,21H,4-5,8,10-12H2,1-3H3,(H2,27,28)/b19-14+/t15-,16+,21?,24?,25-/m1/s1. The van der Waals surface area contributed by atoms with E-state index in [2.05, 4.69) is 19.9 Å². The SMILES string of the molecule is COC1[C@H](C)CC2(Cc3ccc(C#N)cc3[C@]23N=C(N)N(/C=C2\CCCO2)C3=O)C[C@@H]1C. The Morgan fingerprint density at radius 2 is 2.09 bits per heavy atom. The molecule has 5 atom stereocenters. The van der Waals surface area contributed by atoms with Crippen molar-refractivity contribution in [3.8, 4) is 6.07 Å². The third-order valence-corrected chi connectivity index (χ3v) is 7.93. The molecule has 2 spiro atoms. The van der Waals surface area contributed by atoms with Gasteiger partial charge in [-0.1, -0.05) is 19.9 Å². The fraction of sp³-hybridized carbons (Fsp3) is 0.560. The Morgan fingerprint density at radius 3 is 2.72 bits per heavy atom. The first-order valence-corrected chi connectivity index (χ1v) is 11.4. The average molecular weight is 435 g/mol. The lowest BCUT2D eigenvalue weighted by atomic mass is 9.56. The topological polar surface area (TPSA) is 101 Å². The summed E-state index contributed by atoms with van der Waals surface area (Å²) < 4.78 is 11.5. The van der Waals surface area contributed by atoms with Crippen LogP contribution in [0.1, 0.15) is 56.2 Å². The quantitative estimate of drug-likeness (QED) is 0.770. The number of methoxy groups -OCH3 is 1. The van der Waals surface area contributed by atoms with Crippen molar-refractivity contribution in [2.75, 3.05) is 13.7 Å². The minimum atomic E-state index is -1.13. The van der Waals surface area contributed by atoms with E-state index < -0.39 is 11.0 Å². The molecule has 2 aliphatic heterocycles. The third-order valence-electron chi connectivity index (χ3n) is 7.93. The Bertz CT molecular complexity index is 1050. The lowest BCUT2D eigenvalue weighted by molar-refractivity contribution is -0.140. The minimum absolute atomic E-state index is 0.137. The maximum Gasteiger partial charge on any atom is 0.266 e. The second-order valence-corrected chi connectivity index (χ2v) is 9.91. The summed E-state index contributed by atoms with van der Waals surface area (Å²) in [5, 5.41) is 9.56. The van der Waals surface area contributed by atoms with Gasteiger partial charge in [-0.25, -0.2) is 4.99 Å². The Balaban J connectivity index is 1.67. The van der Waals surface area contributed by atoms with Crippen molar-refractivity contribution >= 4 is 11.9 Å². The molecule has 2 aliphatic carbocycles. The zero-order chi connectivity index (χ0) is 22.7. The number of carbonyl (C=O) groups is 1. The van der Waals surface area contributed by atoms with Gasteiger partial charge in [-0.05, 0) is 60.8 Å². The summed E-state index contributed by atoms with van der Waals surface area (Å²) in [6.07, 6.45) is 5.92. The largest absolute Gasteiger partial charge is 0.496 e. The average Bonchev–Trinajstić information content (AvgIpc) is 3.42. The number of allylic oxidation sites excluding steroid dienone is 1. The van der Waals surface area contributed by atoms with Crippen LogP contribution in [0.2, 0.25) is 0 Å². The van der Waals surface area contributed by atoms with Crippen LogP contribution in [0.15, 0.2) is 35.2 Å². The first-order valence-electron chi connectivity index (χ1n) is 11.4. The zero-order valence-corrected chi connectivity index (χ0v) is 18.9. The van der Waals surface area contributed by atoms with E-state index in [9.17, 15) is 10.1 Å². The number of nitriles is 1. The summed E-state index contributed by atoms with van der Waals surface area (Å²) >= 11 is 0. The van der Waals surface area contributed by atoms with Gasteiger partial charge in [0.2, 0.25) is 5.96 Å². The van der Waals surface area contributed by atoms with Gasteiger partial charge in [0.15, 0.2) is 5.54 Å². The van der Waals surface area contributed by atoms with Crippen molar-refractivity contribution in [2.24, 2.45) is 28.0 Å². The molecule has 0 bridgehead atoms. The van der Waals surface area contributed by atoms with E-state index in [1.54, 1.807) is 13.3 Å². The lowest BCUT2D eigenvalue weighted by Crippen LogP contribution is -2.54. The molecular formula is C25H30N4O3. The number of aliphatic imine (C=N–C) groups is 1. The molecule has 7 nitrogen and oxygen atoms in total. The van der Waals surface area contributed by atoms with Gasteiger partial charge >= 0.3 is 0 Å². The molecule has 0 aromatic heterocycles. The molecule has 0 radical (unpaired) electrons. The number of ether oxygens (including phenoxy) is 2. The molecular weight excluding hydrogens is 404 g/mol. The lowest BCUT2D eigenvalue weighted by Gasteiger charge is -2.50. The van der Waals surface area contributed by atoms with E-state index in [1.807, 2.05) is 18.2 Å². The Kier molecular flexibility index (Phi) is 4.82. The van der Waals surface area contributed by atoms with E-state index >= 15 is 0 Å². The summed E-state index contributed by atoms with van der Waals surface area (Å²) in [7, 11) is 1.76. The molecule has 1 aromatic carbocycles. The highest BCUT2D eigenvalue weighted by atomic mass is 16.5. The minimum Gasteiger partial charge on any atom is -0.496 e. The fourth-order valence-electron chi connectivity index (χ4n) is 6.89. The maximum atomic E-state index is 14.2. The van der Waals surface area contributed by atoms with E-state index in [4.69, 9.17) is 20.2 Å². The Morgan fingerprint density at radius 1 is 1.34 bits per heavy atom. The van der Waals surface area contributed by atoms with Gasteiger partial charge in [0.1, 0.15) is 5.76 Å². The number of hydrogen-bond donors (Lipinski definition) is 1. The molecule has 5 rings (SSSR count). The summed E-state index contributed by atoms with van der Waals surface area (Å²) in [4.78, 5) is 20.7. The fourth-order valence-corrected chi connectivity index (χ4v) is 6.89. The van der Waals surface area contributed by atoms with Crippen molar-refractivity contribution < 1.29 is 14.3 Å². The maximum absolute atomic E-state index is 14.2. The molecule has 2 N–H and O–H groups in total. The van der Waals surface area contributed by atoms with Crippen LogP contribution in [0.3, 0.4) is 0 Å². The molecule has 2 heterocycles. The number of rotatable bonds is 2. The van der Waals surface area contributed by atoms with Gasteiger partial charge in [0.25, 0.3) is 5.91 Å². The molecule has 7 heteroatoms. The number of carbonyl (C=O) groups excluding carboxylic acids is 1. The highest BCUT2D eigenvalue weighted by molar-refractivity contribution is 6.09. The Labute approximate surface area is 188 Å². The van der Waals surface area contributed by atoms with E-state index in [1.165, 1.54) is 4.90 Å². The van der Waals surface area contributed by atoms with Gasteiger partial charge in [0.05, 0.1) is 30.5 Å². The monoisotopic (exact) mass is 434 g/mol. The third kappa shape index (κ3) is 2.75. The van der Waals surface area contributed by atoms with Crippen LogP contribution in [0.5, 0.6) is 0 Å². The number of amides is 1. The molecule has 32 heavy (non-hydrogen) atoms. The molecule has 1 amide bonds. The highest BCUT2D eigenvalue weighted by Crippen LogP contribution is 2.63. The van der Waals surface area contributed by atoms with E-state index in [-0.39, 0.29) is 29.8 Å². The first kappa shape index (κ1) is 21.0. The molecule has 1 aromatic rings. The van der Waals surface area contributed by atoms with Crippen molar-refractivity contribution in [2.45, 2.75) is 57.6 Å². The molecule has 2 unspecified atom stereocenters. The van der Waals surface area contributed by atoms with E-state index in [0.29, 0.717) is 12.2 Å². The highest BCUT2D eigenvalue weighted by Gasteiger charge is 2.68. The summed E-state index contributed by atoms with van der Waals surface area (Å²) in [5.41, 5.74) is 7.30. The number of guanidine groups is 1. The van der Waals surface area contributed by atoms with Gasteiger partial charge in [0, 0.05) is 18.9 Å².